The van der Waals surface area contributed by atoms with Crippen molar-refractivity contribution < 1.29 is 4.79 Å². The Kier molecular flexibility index (Phi) is 5.13. The molecule has 3 nitrogen and oxygen atoms in total. The third-order valence-electron chi connectivity index (χ3n) is 2.92. The van der Waals surface area contributed by atoms with E-state index in [2.05, 4.69) is 37.2 Å². The molecule has 0 unspecified atom stereocenters. The fourth-order valence-electron chi connectivity index (χ4n) is 1.81. The van der Waals surface area contributed by atoms with E-state index >= 15 is 0 Å². The second kappa shape index (κ2) is 6.68. The van der Waals surface area contributed by atoms with E-state index in [4.69, 9.17) is 18.0 Å². The summed E-state index contributed by atoms with van der Waals surface area (Å²) < 4.78 is 1.81. The quantitative estimate of drug-likeness (QED) is 0.713. The second-order valence-corrected chi connectivity index (χ2v) is 6.68. The number of rotatable bonds is 3. The van der Waals surface area contributed by atoms with Crippen molar-refractivity contribution in [2.75, 3.05) is 5.32 Å². The molecular weight excluding hydrogens is 416 g/mol. The highest BCUT2D eigenvalue weighted by molar-refractivity contribution is 9.10. The number of aryl methyl sites for hydroxylation is 1. The van der Waals surface area contributed by atoms with Gasteiger partial charge in [-0.25, -0.2) is 0 Å². The summed E-state index contributed by atoms with van der Waals surface area (Å²) in [5.41, 5.74) is 8.49. The number of nitrogens with one attached hydrogen (secondary N) is 1. The number of benzene rings is 2. The summed E-state index contributed by atoms with van der Waals surface area (Å²) in [6.45, 7) is 1.93. The molecule has 2 rings (SSSR count). The van der Waals surface area contributed by atoms with Crippen molar-refractivity contribution in [3.8, 4) is 0 Å². The van der Waals surface area contributed by atoms with Crippen LogP contribution in [0.5, 0.6) is 0 Å². The fourth-order valence-corrected chi connectivity index (χ4v) is 2.59. The number of carbonyl (C=O) groups excluding carboxylic acids is 1. The molecule has 21 heavy (non-hydrogen) atoms. The summed E-state index contributed by atoms with van der Waals surface area (Å²) in [6, 6.07) is 10.8. The van der Waals surface area contributed by atoms with Gasteiger partial charge in [0.2, 0.25) is 0 Å². The van der Waals surface area contributed by atoms with Crippen LogP contribution in [0.15, 0.2) is 45.3 Å². The van der Waals surface area contributed by atoms with E-state index in [1.807, 2.05) is 25.1 Å². The molecule has 0 saturated heterocycles. The Hall–Kier alpha value is -1.24. The first kappa shape index (κ1) is 16.1. The van der Waals surface area contributed by atoms with E-state index in [9.17, 15) is 4.79 Å². The lowest BCUT2D eigenvalue weighted by Crippen LogP contribution is -2.17. The zero-order chi connectivity index (χ0) is 15.6. The van der Waals surface area contributed by atoms with Crippen molar-refractivity contribution in [1.29, 1.82) is 0 Å². The van der Waals surface area contributed by atoms with Crippen molar-refractivity contribution in [2.24, 2.45) is 5.73 Å². The lowest BCUT2D eigenvalue weighted by Gasteiger charge is -2.11. The van der Waals surface area contributed by atoms with Crippen LogP contribution in [0.4, 0.5) is 5.69 Å². The van der Waals surface area contributed by atoms with E-state index in [1.54, 1.807) is 18.2 Å². The number of halogens is 2. The molecule has 108 valence electrons. The van der Waals surface area contributed by atoms with Gasteiger partial charge in [0.25, 0.3) is 5.91 Å². The van der Waals surface area contributed by atoms with Crippen LogP contribution in [0.25, 0.3) is 0 Å². The van der Waals surface area contributed by atoms with Crippen molar-refractivity contribution >= 4 is 60.7 Å². The Labute approximate surface area is 145 Å². The Morgan fingerprint density at radius 2 is 1.90 bits per heavy atom. The Morgan fingerprint density at radius 3 is 2.52 bits per heavy atom. The fraction of sp³-hybridized carbons (Fsp3) is 0.0667. The minimum Gasteiger partial charge on any atom is -0.389 e. The lowest BCUT2D eigenvalue weighted by atomic mass is 10.1. The van der Waals surface area contributed by atoms with Gasteiger partial charge >= 0.3 is 0 Å². The molecule has 0 saturated carbocycles. The Balaban J connectivity index is 2.31. The molecule has 6 heteroatoms. The monoisotopic (exact) mass is 426 g/mol. The zero-order valence-corrected chi connectivity index (χ0v) is 15.1. The Bertz CT molecular complexity index is 732. The van der Waals surface area contributed by atoms with Gasteiger partial charge in [0.15, 0.2) is 0 Å². The van der Waals surface area contributed by atoms with Crippen LogP contribution >= 0.6 is 44.1 Å². The topological polar surface area (TPSA) is 55.1 Å². The van der Waals surface area contributed by atoms with Crippen LogP contribution < -0.4 is 11.1 Å². The third-order valence-corrected chi connectivity index (χ3v) is 4.52. The van der Waals surface area contributed by atoms with Crippen LogP contribution in [0, 0.1) is 6.92 Å². The number of amides is 1. The predicted molar refractivity (Wildman–Crippen MR) is 96.9 cm³/mol. The molecule has 0 spiro atoms. The van der Waals surface area contributed by atoms with Crippen LogP contribution in [-0.2, 0) is 0 Å². The van der Waals surface area contributed by atoms with Crippen molar-refractivity contribution in [1.82, 2.24) is 0 Å². The lowest BCUT2D eigenvalue weighted by molar-refractivity contribution is 0.102. The highest BCUT2D eigenvalue weighted by Crippen LogP contribution is 2.23. The maximum absolute atomic E-state index is 12.3. The summed E-state index contributed by atoms with van der Waals surface area (Å²) in [7, 11) is 0. The van der Waals surface area contributed by atoms with Gasteiger partial charge in [-0.15, -0.1) is 0 Å². The molecule has 1 amide bonds. The Morgan fingerprint density at radius 1 is 1.19 bits per heavy atom. The molecule has 2 aromatic rings. The van der Waals surface area contributed by atoms with Gasteiger partial charge in [-0.1, -0.05) is 44.1 Å². The molecule has 0 bridgehead atoms. The molecule has 0 aromatic heterocycles. The van der Waals surface area contributed by atoms with Gasteiger partial charge in [-0.3, -0.25) is 4.79 Å². The minimum absolute atomic E-state index is 0.203. The molecule has 0 aliphatic heterocycles. The maximum atomic E-state index is 12.3. The predicted octanol–water partition coefficient (Wildman–Crippen LogP) is 4.41. The van der Waals surface area contributed by atoms with Crippen LogP contribution in [0.2, 0.25) is 0 Å². The van der Waals surface area contributed by atoms with Crippen LogP contribution in [0.3, 0.4) is 0 Å². The number of anilines is 1. The zero-order valence-electron chi connectivity index (χ0n) is 11.1. The smallest absolute Gasteiger partial charge is 0.255 e. The van der Waals surface area contributed by atoms with E-state index in [1.165, 1.54) is 0 Å². The largest absolute Gasteiger partial charge is 0.389 e. The molecular formula is C15H12Br2N2OS. The molecule has 0 aliphatic carbocycles. The molecule has 0 aliphatic rings. The molecule has 0 atom stereocenters. The number of nitrogens with two attached hydrogens (primary N) is 1. The number of hydrogen-bond donors (Lipinski definition) is 2. The van der Waals surface area contributed by atoms with Gasteiger partial charge in [0.1, 0.15) is 4.99 Å². The van der Waals surface area contributed by atoms with Gasteiger partial charge < -0.3 is 11.1 Å². The van der Waals surface area contributed by atoms with Gasteiger partial charge in [-0.2, -0.15) is 0 Å². The van der Waals surface area contributed by atoms with Gasteiger partial charge in [0, 0.05) is 20.1 Å². The van der Waals surface area contributed by atoms with Crippen LogP contribution in [0.1, 0.15) is 21.5 Å². The van der Waals surface area contributed by atoms with E-state index in [0.29, 0.717) is 16.8 Å². The summed E-state index contributed by atoms with van der Waals surface area (Å²) in [5, 5.41) is 2.84. The standard InChI is InChI=1S/C15H12Br2N2OS/c1-8-6-9(2-4-12(8)17)15(20)19-13-5-3-10(16)7-11(13)14(18)21/h2-7H,1H3,(H2,18,21)(H,19,20). The molecule has 0 fully saturated rings. The third kappa shape index (κ3) is 3.90. The average Bonchev–Trinajstić information content (AvgIpc) is 2.43. The number of thiocarbonyl (C=S) groups is 1. The SMILES string of the molecule is Cc1cc(C(=O)Nc2ccc(Br)cc2C(N)=S)ccc1Br. The summed E-state index contributed by atoms with van der Waals surface area (Å²) >= 11 is 11.8. The first-order valence-corrected chi connectivity index (χ1v) is 8.05. The first-order valence-electron chi connectivity index (χ1n) is 6.05. The van der Waals surface area contributed by atoms with E-state index < -0.39 is 0 Å². The highest BCUT2D eigenvalue weighted by atomic mass is 79.9. The maximum Gasteiger partial charge on any atom is 0.255 e. The highest BCUT2D eigenvalue weighted by Gasteiger charge is 2.12. The van der Waals surface area contributed by atoms with Crippen molar-refractivity contribution in [3.63, 3.8) is 0 Å². The van der Waals surface area contributed by atoms with Crippen LogP contribution in [-0.4, -0.2) is 10.9 Å². The summed E-state index contributed by atoms with van der Waals surface area (Å²) in [5.74, 6) is -0.203. The first-order chi connectivity index (χ1) is 9.88. The van der Waals surface area contributed by atoms with Gasteiger partial charge in [-0.05, 0) is 48.9 Å². The molecule has 2 aromatic carbocycles. The minimum atomic E-state index is -0.203. The van der Waals surface area contributed by atoms with Crippen molar-refractivity contribution in [2.45, 2.75) is 6.92 Å². The van der Waals surface area contributed by atoms with Gasteiger partial charge in [0.05, 0.1) is 5.69 Å². The van der Waals surface area contributed by atoms with E-state index in [-0.39, 0.29) is 10.9 Å². The van der Waals surface area contributed by atoms with E-state index in [0.717, 1.165) is 14.5 Å². The number of carbonyl (C=O) groups is 1. The molecule has 0 heterocycles. The number of hydrogen-bond acceptors (Lipinski definition) is 2. The second-order valence-electron chi connectivity index (χ2n) is 4.47. The normalized spacial score (nSPS) is 10.2. The summed E-state index contributed by atoms with van der Waals surface area (Å²) in [6.07, 6.45) is 0. The molecule has 3 N–H and O–H groups in total. The average molecular weight is 428 g/mol. The van der Waals surface area contributed by atoms with Crippen molar-refractivity contribution in [3.05, 3.63) is 62.0 Å². The molecule has 0 radical (unpaired) electrons. The summed E-state index contributed by atoms with van der Waals surface area (Å²) in [4.78, 5) is 12.5.